The van der Waals surface area contributed by atoms with Crippen molar-refractivity contribution >= 4 is 27.5 Å². The predicted octanol–water partition coefficient (Wildman–Crippen LogP) is 3.62. The number of aryl methyl sites for hydroxylation is 2. The summed E-state index contributed by atoms with van der Waals surface area (Å²) in [5, 5.41) is 0. The van der Waals surface area contributed by atoms with E-state index in [0.717, 1.165) is 10.2 Å². The molecule has 2 aromatic carbocycles. The second-order valence-electron chi connectivity index (χ2n) is 6.95. The third-order valence-corrected chi connectivity index (χ3v) is 5.99. The van der Waals surface area contributed by atoms with Gasteiger partial charge < -0.3 is 18.8 Å². The largest absolute Gasteiger partial charge is 0.485 e. The first-order valence-electron chi connectivity index (χ1n) is 9.72. The van der Waals surface area contributed by atoms with Crippen molar-refractivity contribution in [3.05, 3.63) is 52.3 Å². The lowest BCUT2D eigenvalue weighted by molar-refractivity contribution is -0.127. The number of carbonyl (C=O) groups is 1. The lowest BCUT2D eigenvalue weighted by Gasteiger charge is -2.23. The first kappa shape index (κ1) is 19.7. The second kappa shape index (κ2) is 8.39. The number of rotatable bonds is 5. The summed E-state index contributed by atoms with van der Waals surface area (Å²) in [7, 11) is 0. The van der Waals surface area contributed by atoms with E-state index in [1.54, 1.807) is 6.07 Å². The fourth-order valence-corrected chi connectivity index (χ4v) is 4.37. The van der Waals surface area contributed by atoms with Gasteiger partial charge in [0.1, 0.15) is 6.61 Å². The molecule has 7 heteroatoms. The van der Waals surface area contributed by atoms with Crippen LogP contribution in [0, 0.1) is 13.8 Å². The summed E-state index contributed by atoms with van der Waals surface area (Å²) in [4.78, 5) is 17.9. The fraction of sp³-hybridized carbons (Fsp3) is 0.364. The number of fused-ring (bicyclic) bond motifs is 2. The van der Waals surface area contributed by atoms with Gasteiger partial charge in [0.2, 0.25) is 6.10 Å². The smallest absolute Gasteiger partial charge is 0.292 e. The molecule has 0 unspecified atom stereocenters. The van der Waals surface area contributed by atoms with E-state index in [2.05, 4.69) is 35.5 Å². The van der Waals surface area contributed by atoms with E-state index in [-0.39, 0.29) is 12.5 Å². The van der Waals surface area contributed by atoms with Crippen LogP contribution >= 0.6 is 11.3 Å². The van der Waals surface area contributed by atoms with Crippen LogP contribution in [-0.4, -0.2) is 36.4 Å². The third-order valence-electron chi connectivity index (χ3n) is 4.95. The van der Waals surface area contributed by atoms with Crippen molar-refractivity contribution in [2.75, 3.05) is 19.8 Å². The molecule has 1 aliphatic rings. The average Bonchev–Trinajstić information content (AvgIpc) is 3.04. The Labute approximate surface area is 173 Å². The van der Waals surface area contributed by atoms with Gasteiger partial charge in [-0.05, 0) is 56.2 Å². The molecule has 6 nitrogen and oxygen atoms in total. The zero-order valence-electron chi connectivity index (χ0n) is 16.8. The quantitative estimate of drug-likeness (QED) is 0.601. The van der Waals surface area contributed by atoms with Gasteiger partial charge in [0, 0.05) is 13.2 Å². The molecule has 0 bridgehead atoms. The van der Waals surface area contributed by atoms with E-state index >= 15 is 0 Å². The van der Waals surface area contributed by atoms with Crippen molar-refractivity contribution in [3.8, 4) is 11.5 Å². The fourth-order valence-electron chi connectivity index (χ4n) is 3.23. The minimum atomic E-state index is -0.751. The maximum atomic E-state index is 12.9. The highest BCUT2D eigenvalue weighted by Gasteiger charge is 2.27. The van der Waals surface area contributed by atoms with Gasteiger partial charge in [0.25, 0.3) is 5.91 Å². The maximum absolute atomic E-state index is 12.9. The molecule has 1 aromatic heterocycles. The molecule has 2 heterocycles. The third kappa shape index (κ3) is 4.06. The number of nitrogens with zero attached hydrogens (tertiary/aromatic N) is 2. The van der Waals surface area contributed by atoms with E-state index in [1.165, 1.54) is 22.5 Å². The molecule has 1 aliphatic heterocycles. The van der Waals surface area contributed by atoms with E-state index in [4.69, 9.17) is 14.2 Å². The molecule has 0 aliphatic carbocycles. The van der Waals surface area contributed by atoms with E-state index in [0.29, 0.717) is 36.1 Å². The van der Waals surface area contributed by atoms with Crippen LogP contribution in [0.2, 0.25) is 0 Å². The van der Waals surface area contributed by atoms with Gasteiger partial charge in [-0.15, -0.1) is 0 Å². The van der Waals surface area contributed by atoms with E-state index in [1.807, 2.05) is 25.1 Å². The lowest BCUT2D eigenvalue weighted by atomic mass is 10.1. The number of para-hydroxylation sites is 2. The summed E-state index contributed by atoms with van der Waals surface area (Å²) >= 11 is 1.51. The molecule has 29 heavy (non-hydrogen) atoms. The molecule has 0 fully saturated rings. The number of benzene rings is 2. The Morgan fingerprint density at radius 3 is 2.79 bits per heavy atom. The average molecular weight is 413 g/mol. The van der Waals surface area contributed by atoms with Crippen molar-refractivity contribution in [3.63, 3.8) is 0 Å². The van der Waals surface area contributed by atoms with Gasteiger partial charge >= 0.3 is 0 Å². The summed E-state index contributed by atoms with van der Waals surface area (Å²) in [6.07, 6.45) is -0.751. The highest BCUT2D eigenvalue weighted by atomic mass is 32.1. The van der Waals surface area contributed by atoms with Crippen LogP contribution in [0.15, 0.2) is 41.4 Å². The number of ether oxygens (including phenoxy) is 3. The molecule has 3 aromatic rings. The molecule has 0 saturated heterocycles. The number of amides is 1. The summed E-state index contributed by atoms with van der Waals surface area (Å²) < 4.78 is 20.2. The first-order valence-corrected chi connectivity index (χ1v) is 10.5. The standard InChI is InChI=1S/C22H24N2O4S/c1-4-26-10-9-24-16-11-14(2)15(3)12-20(16)29-22(24)23-21(25)19-13-27-17-7-5-6-8-18(17)28-19/h5-8,11-12,19H,4,9-10,13H2,1-3H3/t19-/m1/s1. The zero-order valence-corrected chi connectivity index (χ0v) is 17.6. The number of hydrogen-bond donors (Lipinski definition) is 0. The zero-order chi connectivity index (χ0) is 20.4. The number of thiazole rings is 1. The minimum Gasteiger partial charge on any atom is -0.485 e. The van der Waals surface area contributed by atoms with Crippen molar-refractivity contribution < 1.29 is 19.0 Å². The van der Waals surface area contributed by atoms with Crippen LogP contribution < -0.4 is 14.3 Å². The van der Waals surface area contributed by atoms with Crippen molar-refractivity contribution in [2.24, 2.45) is 4.99 Å². The topological polar surface area (TPSA) is 62.1 Å². The van der Waals surface area contributed by atoms with Crippen LogP contribution in [0.3, 0.4) is 0 Å². The number of aromatic nitrogens is 1. The van der Waals surface area contributed by atoms with Gasteiger partial charge in [-0.1, -0.05) is 23.5 Å². The monoisotopic (exact) mass is 412 g/mol. The van der Waals surface area contributed by atoms with Gasteiger partial charge in [-0.2, -0.15) is 4.99 Å². The Bertz CT molecular complexity index is 1120. The second-order valence-corrected chi connectivity index (χ2v) is 7.96. The normalized spacial score (nSPS) is 16.4. The van der Waals surface area contributed by atoms with Gasteiger partial charge in [-0.25, -0.2) is 0 Å². The Kier molecular flexibility index (Phi) is 5.69. The Morgan fingerprint density at radius 1 is 1.24 bits per heavy atom. The highest BCUT2D eigenvalue weighted by molar-refractivity contribution is 7.16. The minimum absolute atomic E-state index is 0.154. The van der Waals surface area contributed by atoms with E-state index < -0.39 is 6.10 Å². The molecule has 1 amide bonds. The van der Waals surface area contributed by atoms with Crippen molar-refractivity contribution in [1.82, 2.24) is 4.57 Å². The van der Waals surface area contributed by atoms with Crippen molar-refractivity contribution in [2.45, 2.75) is 33.4 Å². The van der Waals surface area contributed by atoms with Gasteiger partial charge in [0.15, 0.2) is 16.3 Å². The van der Waals surface area contributed by atoms with Gasteiger partial charge in [0.05, 0.1) is 16.8 Å². The first-order chi connectivity index (χ1) is 14.1. The number of carbonyl (C=O) groups excluding carboxylic acids is 1. The molecular formula is C22H24N2O4S. The number of hydrogen-bond acceptors (Lipinski definition) is 5. The summed E-state index contributed by atoms with van der Waals surface area (Å²) in [6, 6.07) is 11.6. The van der Waals surface area contributed by atoms with Crippen LogP contribution in [0.5, 0.6) is 11.5 Å². The molecule has 0 N–H and O–H groups in total. The molecule has 1 atom stereocenters. The van der Waals surface area contributed by atoms with Gasteiger partial charge in [-0.3, -0.25) is 4.79 Å². The maximum Gasteiger partial charge on any atom is 0.292 e. The molecule has 0 spiro atoms. The molecular weight excluding hydrogens is 388 g/mol. The SMILES string of the molecule is CCOCCn1c(=NC(=O)[C@H]2COc3ccccc3O2)sc2cc(C)c(C)cc21. The Balaban J connectivity index is 1.69. The molecule has 4 rings (SSSR count). The van der Waals surface area contributed by atoms with Crippen LogP contribution in [0.25, 0.3) is 10.2 Å². The lowest BCUT2D eigenvalue weighted by Crippen LogP contribution is -2.37. The van der Waals surface area contributed by atoms with Crippen LogP contribution in [0.1, 0.15) is 18.1 Å². The van der Waals surface area contributed by atoms with Crippen LogP contribution in [0.4, 0.5) is 0 Å². The highest BCUT2D eigenvalue weighted by Crippen LogP contribution is 2.31. The Morgan fingerprint density at radius 2 is 2.00 bits per heavy atom. The summed E-state index contributed by atoms with van der Waals surface area (Å²) in [5.74, 6) is 0.875. The molecule has 152 valence electrons. The predicted molar refractivity (Wildman–Crippen MR) is 113 cm³/mol. The van der Waals surface area contributed by atoms with E-state index in [9.17, 15) is 4.79 Å². The Hall–Kier alpha value is -2.64. The van der Waals surface area contributed by atoms with Crippen molar-refractivity contribution in [1.29, 1.82) is 0 Å². The van der Waals surface area contributed by atoms with Crippen LogP contribution in [-0.2, 0) is 16.1 Å². The molecule has 0 saturated carbocycles. The molecule has 0 radical (unpaired) electrons. The summed E-state index contributed by atoms with van der Waals surface area (Å²) in [5.41, 5.74) is 3.49. The summed E-state index contributed by atoms with van der Waals surface area (Å²) in [6.45, 7) is 8.15.